The molecule has 0 bridgehead atoms. The van der Waals surface area contributed by atoms with Crippen LogP contribution in [0.25, 0.3) is 0 Å². The minimum atomic E-state index is -4.01. The van der Waals surface area contributed by atoms with Crippen molar-refractivity contribution in [1.29, 1.82) is 0 Å². The van der Waals surface area contributed by atoms with Crippen LogP contribution in [0.5, 0.6) is 0 Å². The molecule has 20 heavy (non-hydrogen) atoms. The van der Waals surface area contributed by atoms with Crippen LogP contribution in [-0.4, -0.2) is 33.0 Å². The SMILES string of the molecule is CCCNCCNS(=O)(=O)c1ccc([N+](=O)[O-])cc1F. The minimum absolute atomic E-state index is 0.110. The number of nitrogens with one attached hydrogen (secondary N) is 2. The molecule has 0 aromatic heterocycles. The number of benzene rings is 1. The van der Waals surface area contributed by atoms with Crippen LogP contribution in [0.3, 0.4) is 0 Å². The molecule has 0 amide bonds. The smallest absolute Gasteiger partial charge is 0.272 e. The zero-order valence-corrected chi connectivity index (χ0v) is 11.7. The quantitative estimate of drug-likeness (QED) is 0.424. The number of nitro groups is 1. The number of hydrogen-bond donors (Lipinski definition) is 2. The highest BCUT2D eigenvalue weighted by molar-refractivity contribution is 7.89. The average molecular weight is 305 g/mol. The van der Waals surface area contributed by atoms with Gasteiger partial charge in [-0.1, -0.05) is 6.92 Å². The third-order valence-electron chi connectivity index (χ3n) is 2.44. The predicted molar refractivity (Wildman–Crippen MR) is 71.4 cm³/mol. The Labute approximate surface area is 116 Å². The molecule has 1 aromatic rings. The maximum absolute atomic E-state index is 13.6. The fourth-order valence-corrected chi connectivity index (χ4v) is 2.56. The van der Waals surface area contributed by atoms with Crippen LogP contribution >= 0.6 is 0 Å². The maximum Gasteiger partial charge on any atom is 0.272 e. The lowest BCUT2D eigenvalue weighted by atomic mass is 10.3. The van der Waals surface area contributed by atoms with E-state index in [-0.39, 0.29) is 6.54 Å². The van der Waals surface area contributed by atoms with Gasteiger partial charge in [-0.3, -0.25) is 10.1 Å². The molecule has 0 spiro atoms. The van der Waals surface area contributed by atoms with Gasteiger partial charge in [0.15, 0.2) is 0 Å². The summed E-state index contributed by atoms with van der Waals surface area (Å²) >= 11 is 0. The van der Waals surface area contributed by atoms with Crippen molar-refractivity contribution < 1.29 is 17.7 Å². The van der Waals surface area contributed by atoms with Crippen LogP contribution in [0.2, 0.25) is 0 Å². The maximum atomic E-state index is 13.6. The van der Waals surface area contributed by atoms with Gasteiger partial charge in [0.25, 0.3) is 5.69 Å². The summed E-state index contributed by atoms with van der Waals surface area (Å²) in [6.45, 7) is 3.26. The Kier molecular flexibility index (Phi) is 5.99. The van der Waals surface area contributed by atoms with Crippen molar-refractivity contribution in [1.82, 2.24) is 10.0 Å². The second-order valence-electron chi connectivity index (χ2n) is 4.02. The van der Waals surface area contributed by atoms with E-state index in [0.717, 1.165) is 25.1 Å². The van der Waals surface area contributed by atoms with Crippen LogP contribution in [0.15, 0.2) is 23.1 Å². The summed E-state index contributed by atoms with van der Waals surface area (Å²) in [5.74, 6) is -1.15. The normalized spacial score (nSPS) is 11.5. The summed E-state index contributed by atoms with van der Waals surface area (Å²) in [6, 6.07) is 2.42. The number of non-ortho nitro benzene ring substituents is 1. The van der Waals surface area contributed by atoms with E-state index < -0.39 is 31.3 Å². The van der Waals surface area contributed by atoms with E-state index in [9.17, 15) is 22.9 Å². The van der Waals surface area contributed by atoms with Gasteiger partial charge in [0, 0.05) is 19.2 Å². The average Bonchev–Trinajstić information content (AvgIpc) is 2.37. The van der Waals surface area contributed by atoms with Crippen molar-refractivity contribution in [2.75, 3.05) is 19.6 Å². The third-order valence-corrected chi connectivity index (χ3v) is 3.93. The highest BCUT2D eigenvalue weighted by Gasteiger charge is 2.21. The molecule has 112 valence electrons. The lowest BCUT2D eigenvalue weighted by Gasteiger charge is -2.08. The Morgan fingerprint density at radius 3 is 2.55 bits per heavy atom. The van der Waals surface area contributed by atoms with Crippen LogP contribution < -0.4 is 10.0 Å². The monoisotopic (exact) mass is 305 g/mol. The second kappa shape index (κ2) is 7.27. The molecule has 0 aliphatic rings. The molecule has 1 aromatic carbocycles. The highest BCUT2D eigenvalue weighted by atomic mass is 32.2. The van der Waals surface area contributed by atoms with E-state index >= 15 is 0 Å². The third kappa shape index (κ3) is 4.51. The van der Waals surface area contributed by atoms with E-state index in [2.05, 4.69) is 10.0 Å². The standard InChI is InChI=1S/C11H16FN3O4S/c1-2-5-13-6-7-14-20(18,19)11-4-3-9(15(16)17)8-10(11)12/h3-4,8,13-14H,2,5-7H2,1H3. The summed E-state index contributed by atoms with van der Waals surface area (Å²) in [5, 5.41) is 13.4. The molecule has 0 saturated carbocycles. The number of sulfonamides is 1. The van der Waals surface area contributed by atoms with Crippen molar-refractivity contribution in [3.63, 3.8) is 0 Å². The van der Waals surface area contributed by atoms with E-state index in [1.54, 1.807) is 0 Å². The van der Waals surface area contributed by atoms with Gasteiger partial charge in [-0.05, 0) is 19.0 Å². The van der Waals surface area contributed by atoms with Gasteiger partial charge in [0.2, 0.25) is 10.0 Å². The second-order valence-corrected chi connectivity index (χ2v) is 5.75. The highest BCUT2D eigenvalue weighted by Crippen LogP contribution is 2.20. The molecule has 0 heterocycles. The molecule has 0 fully saturated rings. The van der Waals surface area contributed by atoms with Gasteiger partial charge < -0.3 is 5.32 Å². The van der Waals surface area contributed by atoms with E-state index in [1.807, 2.05) is 6.92 Å². The van der Waals surface area contributed by atoms with Crippen molar-refractivity contribution in [3.05, 3.63) is 34.1 Å². The molecule has 0 aliphatic carbocycles. The number of hydrogen-bond acceptors (Lipinski definition) is 5. The first-order chi connectivity index (χ1) is 9.38. The fraction of sp³-hybridized carbons (Fsp3) is 0.455. The fourth-order valence-electron chi connectivity index (χ4n) is 1.47. The van der Waals surface area contributed by atoms with Gasteiger partial charge in [0.1, 0.15) is 10.7 Å². The molecule has 1 rings (SSSR count). The van der Waals surface area contributed by atoms with E-state index in [1.165, 1.54) is 0 Å². The zero-order valence-electron chi connectivity index (χ0n) is 10.9. The molecule has 0 unspecified atom stereocenters. The zero-order chi connectivity index (χ0) is 15.2. The first-order valence-corrected chi connectivity index (χ1v) is 7.51. The lowest BCUT2D eigenvalue weighted by molar-refractivity contribution is -0.385. The van der Waals surface area contributed by atoms with Crippen molar-refractivity contribution in [2.24, 2.45) is 0 Å². The van der Waals surface area contributed by atoms with Crippen LogP contribution in [0.4, 0.5) is 10.1 Å². The van der Waals surface area contributed by atoms with Crippen molar-refractivity contribution in [2.45, 2.75) is 18.2 Å². The Morgan fingerprint density at radius 2 is 2.00 bits per heavy atom. The molecular formula is C11H16FN3O4S. The first-order valence-electron chi connectivity index (χ1n) is 6.03. The number of nitro benzene ring substituents is 1. The summed E-state index contributed by atoms with van der Waals surface area (Å²) in [4.78, 5) is 9.06. The van der Waals surface area contributed by atoms with Gasteiger partial charge >= 0.3 is 0 Å². The molecule has 0 aliphatic heterocycles. The van der Waals surface area contributed by atoms with Gasteiger partial charge in [0.05, 0.1) is 11.0 Å². The molecule has 9 heteroatoms. The Hall–Kier alpha value is -1.58. The number of halogens is 1. The molecule has 0 atom stereocenters. The van der Waals surface area contributed by atoms with E-state index in [4.69, 9.17) is 0 Å². The minimum Gasteiger partial charge on any atom is -0.315 e. The summed E-state index contributed by atoms with van der Waals surface area (Å²) in [6.07, 6.45) is 0.920. The first kappa shape index (κ1) is 16.5. The van der Waals surface area contributed by atoms with Gasteiger partial charge in [-0.15, -0.1) is 0 Å². The summed E-state index contributed by atoms with van der Waals surface area (Å²) in [7, 11) is -4.01. The molecular weight excluding hydrogens is 289 g/mol. The number of rotatable bonds is 8. The molecule has 2 N–H and O–H groups in total. The summed E-state index contributed by atoms with van der Waals surface area (Å²) < 4.78 is 39.5. The Bertz CT molecular complexity index is 577. The van der Waals surface area contributed by atoms with Crippen LogP contribution in [-0.2, 0) is 10.0 Å². The van der Waals surface area contributed by atoms with E-state index in [0.29, 0.717) is 12.6 Å². The predicted octanol–water partition coefficient (Wildman–Crippen LogP) is 1.01. The van der Waals surface area contributed by atoms with Gasteiger partial charge in [-0.25, -0.2) is 17.5 Å². The van der Waals surface area contributed by atoms with Crippen molar-refractivity contribution in [3.8, 4) is 0 Å². The Morgan fingerprint density at radius 1 is 1.30 bits per heavy atom. The molecule has 7 nitrogen and oxygen atoms in total. The largest absolute Gasteiger partial charge is 0.315 e. The molecule has 0 saturated heterocycles. The lowest BCUT2D eigenvalue weighted by Crippen LogP contribution is -2.32. The molecule has 0 radical (unpaired) electrons. The van der Waals surface area contributed by atoms with Crippen molar-refractivity contribution >= 4 is 15.7 Å². The van der Waals surface area contributed by atoms with Crippen LogP contribution in [0.1, 0.15) is 13.3 Å². The number of nitrogens with zero attached hydrogens (tertiary/aromatic N) is 1. The summed E-state index contributed by atoms with van der Waals surface area (Å²) in [5.41, 5.74) is -0.494. The van der Waals surface area contributed by atoms with Crippen LogP contribution in [0, 0.1) is 15.9 Å². The van der Waals surface area contributed by atoms with Gasteiger partial charge in [-0.2, -0.15) is 0 Å². The Balaban J connectivity index is 2.75. The topological polar surface area (TPSA) is 101 Å².